The topological polar surface area (TPSA) is 76.6 Å². The van der Waals surface area contributed by atoms with Crippen LogP contribution in [0.5, 0.6) is 0 Å². The number of hydrogen-bond acceptors (Lipinski definition) is 7. The van der Waals surface area contributed by atoms with Gasteiger partial charge in [-0.15, -0.1) is 10.2 Å². The Morgan fingerprint density at radius 1 is 1.24 bits per heavy atom. The van der Waals surface area contributed by atoms with E-state index in [2.05, 4.69) is 24.0 Å². The van der Waals surface area contributed by atoms with Crippen LogP contribution in [-0.4, -0.2) is 62.8 Å². The molecule has 1 saturated heterocycles. The Kier molecular flexibility index (Phi) is 8.02. The molecule has 1 aliphatic rings. The summed E-state index contributed by atoms with van der Waals surface area (Å²) in [6, 6.07) is 10.4. The van der Waals surface area contributed by atoms with Crippen LogP contribution in [0.2, 0.25) is 0 Å². The van der Waals surface area contributed by atoms with E-state index in [0.29, 0.717) is 42.8 Å². The largest absolute Gasteiger partial charge is 0.453 e. The minimum Gasteiger partial charge on any atom is -0.453 e. The van der Waals surface area contributed by atoms with E-state index in [0.717, 1.165) is 10.9 Å². The predicted octanol–water partition coefficient (Wildman–Crippen LogP) is 3.58. The standard InChI is InChI=1S/C24H30FN5O3S/c1-17(2)10-30-13-20(32-15-18-6-4-5-7-21(18)25)12-29(14-22(30)31)11-19-8-9-23(33-19)34-24-27-26-16-28(24)3/h4-9,16-17,20H,10-15H2,1-3H3. The number of hydrogen-bond donors (Lipinski definition) is 0. The molecule has 1 aromatic carbocycles. The van der Waals surface area contributed by atoms with Gasteiger partial charge < -0.3 is 18.6 Å². The fourth-order valence-corrected chi connectivity index (χ4v) is 4.63. The highest BCUT2D eigenvalue weighted by Gasteiger charge is 2.29. The van der Waals surface area contributed by atoms with Gasteiger partial charge in [-0.1, -0.05) is 32.0 Å². The van der Waals surface area contributed by atoms with Crippen molar-refractivity contribution in [1.82, 2.24) is 24.6 Å². The van der Waals surface area contributed by atoms with Crippen molar-refractivity contribution in [3.8, 4) is 0 Å². The lowest BCUT2D eigenvalue weighted by atomic mass is 10.2. The van der Waals surface area contributed by atoms with Gasteiger partial charge in [0.15, 0.2) is 10.2 Å². The van der Waals surface area contributed by atoms with Gasteiger partial charge in [-0.3, -0.25) is 9.69 Å². The summed E-state index contributed by atoms with van der Waals surface area (Å²) in [5, 5.41) is 9.39. The first-order chi connectivity index (χ1) is 16.4. The highest BCUT2D eigenvalue weighted by atomic mass is 32.2. The molecule has 34 heavy (non-hydrogen) atoms. The van der Waals surface area contributed by atoms with E-state index in [-0.39, 0.29) is 31.0 Å². The van der Waals surface area contributed by atoms with Gasteiger partial charge in [0.05, 0.1) is 25.8 Å². The normalized spacial score (nSPS) is 17.5. The van der Waals surface area contributed by atoms with Crippen molar-refractivity contribution in [2.45, 2.75) is 43.4 Å². The molecule has 10 heteroatoms. The molecule has 0 saturated carbocycles. The van der Waals surface area contributed by atoms with Gasteiger partial charge in [0.1, 0.15) is 17.9 Å². The third kappa shape index (κ3) is 6.46. The average molecular weight is 488 g/mol. The summed E-state index contributed by atoms with van der Waals surface area (Å²) >= 11 is 1.39. The maximum Gasteiger partial charge on any atom is 0.236 e. The molecule has 0 N–H and O–H groups in total. The second kappa shape index (κ2) is 11.2. The molecule has 1 fully saturated rings. The van der Waals surface area contributed by atoms with Gasteiger partial charge in [-0.2, -0.15) is 0 Å². The fourth-order valence-electron chi connectivity index (χ4n) is 3.89. The van der Waals surface area contributed by atoms with Crippen LogP contribution in [0.1, 0.15) is 25.2 Å². The lowest BCUT2D eigenvalue weighted by Gasteiger charge is -2.26. The van der Waals surface area contributed by atoms with Crippen molar-refractivity contribution < 1.29 is 18.3 Å². The molecule has 3 aromatic rings. The van der Waals surface area contributed by atoms with Crippen LogP contribution in [-0.2, 0) is 29.7 Å². The lowest BCUT2D eigenvalue weighted by Crippen LogP contribution is -2.40. The van der Waals surface area contributed by atoms with Crippen molar-refractivity contribution in [2.75, 3.05) is 26.2 Å². The van der Waals surface area contributed by atoms with E-state index in [4.69, 9.17) is 9.15 Å². The molecule has 1 amide bonds. The summed E-state index contributed by atoms with van der Waals surface area (Å²) in [5.74, 6) is 0.869. The minimum atomic E-state index is -0.286. The number of nitrogens with zero attached hydrogens (tertiary/aromatic N) is 5. The third-order valence-electron chi connectivity index (χ3n) is 5.49. The molecule has 4 rings (SSSR count). The van der Waals surface area contributed by atoms with E-state index < -0.39 is 0 Å². The number of aryl methyl sites for hydroxylation is 1. The Morgan fingerprint density at radius 2 is 2.06 bits per heavy atom. The van der Waals surface area contributed by atoms with E-state index in [1.807, 2.05) is 33.5 Å². The molecule has 1 aliphatic heterocycles. The van der Waals surface area contributed by atoms with Crippen molar-refractivity contribution >= 4 is 17.7 Å². The monoisotopic (exact) mass is 487 g/mol. The van der Waals surface area contributed by atoms with Crippen molar-refractivity contribution in [2.24, 2.45) is 13.0 Å². The van der Waals surface area contributed by atoms with Crippen LogP contribution in [0.25, 0.3) is 0 Å². The van der Waals surface area contributed by atoms with Crippen molar-refractivity contribution in [3.63, 3.8) is 0 Å². The Hall–Kier alpha value is -2.69. The molecule has 2 aromatic heterocycles. The number of carbonyl (C=O) groups excluding carboxylic acids is 1. The first-order valence-electron chi connectivity index (χ1n) is 11.3. The highest BCUT2D eigenvalue weighted by Crippen LogP contribution is 2.28. The zero-order valence-electron chi connectivity index (χ0n) is 19.7. The van der Waals surface area contributed by atoms with Gasteiger partial charge in [-0.05, 0) is 35.9 Å². The zero-order chi connectivity index (χ0) is 24.1. The smallest absolute Gasteiger partial charge is 0.236 e. The van der Waals surface area contributed by atoms with Crippen LogP contribution in [0.3, 0.4) is 0 Å². The summed E-state index contributed by atoms with van der Waals surface area (Å²) in [5.41, 5.74) is 0.511. The predicted molar refractivity (Wildman–Crippen MR) is 126 cm³/mol. The van der Waals surface area contributed by atoms with E-state index >= 15 is 0 Å². The van der Waals surface area contributed by atoms with Gasteiger partial charge >= 0.3 is 0 Å². The Labute approximate surface area is 203 Å². The maximum atomic E-state index is 14.1. The van der Waals surface area contributed by atoms with Crippen LogP contribution in [0, 0.1) is 11.7 Å². The van der Waals surface area contributed by atoms with Gasteiger partial charge in [0, 0.05) is 32.2 Å². The molecule has 1 atom stereocenters. The first-order valence-corrected chi connectivity index (χ1v) is 12.1. The summed E-state index contributed by atoms with van der Waals surface area (Å²) in [6.45, 7) is 6.77. The first kappa shape index (κ1) is 24.4. The van der Waals surface area contributed by atoms with Crippen LogP contribution < -0.4 is 0 Å². The van der Waals surface area contributed by atoms with E-state index in [9.17, 15) is 9.18 Å². The minimum absolute atomic E-state index is 0.0610. The number of benzene rings is 1. The number of ether oxygens (including phenoxy) is 1. The van der Waals surface area contributed by atoms with Crippen molar-refractivity contribution in [3.05, 3.63) is 59.9 Å². The highest BCUT2D eigenvalue weighted by molar-refractivity contribution is 7.99. The summed E-state index contributed by atoms with van der Waals surface area (Å²) < 4.78 is 28.0. The summed E-state index contributed by atoms with van der Waals surface area (Å²) in [7, 11) is 1.87. The number of carbonyl (C=O) groups is 1. The molecule has 8 nitrogen and oxygen atoms in total. The Morgan fingerprint density at radius 3 is 2.79 bits per heavy atom. The summed E-state index contributed by atoms with van der Waals surface area (Å²) in [6.07, 6.45) is 1.40. The molecule has 0 spiro atoms. The van der Waals surface area contributed by atoms with Gasteiger partial charge in [-0.25, -0.2) is 4.39 Å². The molecule has 1 unspecified atom stereocenters. The molecule has 3 heterocycles. The molecule has 0 radical (unpaired) electrons. The number of amides is 1. The quantitative estimate of drug-likeness (QED) is 0.457. The van der Waals surface area contributed by atoms with Crippen molar-refractivity contribution in [1.29, 1.82) is 0 Å². The molecule has 0 bridgehead atoms. The number of halogens is 1. The second-order valence-corrected chi connectivity index (χ2v) is 9.91. The number of furan rings is 1. The molecule has 0 aliphatic carbocycles. The van der Waals surface area contributed by atoms with E-state index in [1.54, 1.807) is 24.5 Å². The Balaban J connectivity index is 1.44. The summed E-state index contributed by atoms with van der Waals surface area (Å²) in [4.78, 5) is 16.9. The average Bonchev–Trinajstić information content (AvgIpc) is 3.37. The zero-order valence-corrected chi connectivity index (χ0v) is 20.5. The third-order valence-corrected chi connectivity index (χ3v) is 6.47. The maximum absolute atomic E-state index is 14.1. The molecular weight excluding hydrogens is 457 g/mol. The SMILES string of the molecule is CC(C)CN1CC(OCc2ccccc2F)CN(Cc2ccc(Sc3nncn3C)o2)CC1=O. The number of rotatable bonds is 9. The van der Waals surface area contributed by atoms with E-state index in [1.165, 1.54) is 17.8 Å². The second-order valence-electron chi connectivity index (χ2n) is 8.93. The van der Waals surface area contributed by atoms with Crippen LogP contribution >= 0.6 is 11.8 Å². The van der Waals surface area contributed by atoms with Crippen LogP contribution in [0.15, 0.2) is 57.4 Å². The Bertz CT molecular complexity index is 1100. The molecular formula is C24H30FN5O3S. The molecule has 182 valence electrons. The lowest BCUT2D eigenvalue weighted by molar-refractivity contribution is -0.132. The van der Waals surface area contributed by atoms with Crippen LogP contribution in [0.4, 0.5) is 4.39 Å². The van der Waals surface area contributed by atoms with Gasteiger partial charge in [0.25, 0.3) is 0 Å². The fraction of sp³-hybridized carbons (Fsp3) is 0.458. The number of aromatic nitrogens is 3. The van der Waals surface area contributed by atoms with Gasteiger partial charge in [0.2, 0.25) is 5.91 Å².